The van der Waals surface area contributed by atoms with Crippen LogP contribution in [0.5, 0.6) is 0 Å². The maximum absolute atomic E-state index is 5.81. The molecule has 1 aromatic rings. The van der Waals surface area contributed by atoms with Crippen molar-refractivity contribution in [3.63, 3.8) is 0 Å². The lowest BCUT2D eigenvalue weighted by Crippen LogP contribution is -2.21. The molecule has 0 aliphatic rings. The molecule has 0 fully saturated rings. The Bertz CT molecular complexity index is 309. The minimum Gasteiger partial charge on any atom is -0.358 e. The van der Waals surface area contributed by atoms with Crippen LogP contribution in [0.3, 0.4) is 0 Å². The standard InChI is InChI=1S/C9H12BrClN2S/c1-13(3-4-14-2)9-8(10)5-7(11)6-12-9/h5-6H,3-4H2,1-2H3. The van der Waals surface area contributed by atoms with Crippen LogP contribution in [0.1, 0.15) is 0 Å². The Morgan fingerprint density at radius 1 is 1.64 bits per heavy atom. The van der Waals surface area contributed by atoms with E-state index in [9.17, 15) is 0 Å². The van der Waals surface area contributed by atoms with Gasteiger partial charge in [-0.1, -0.05) is 11.6 Å². The van der Waals surface area contributed by atoms with E-state index in [1.165, 1.54) is 0 Å². The minimum absolute atomic E-state index is 0.652. The highest BCUT2D eigenvalue weighted by Crippen LogP contribution is 2.25. The van der Waals surface area contributed by atoms with Crippen LogP contribution in [-0.2, 0) is 0 Å². The molecule has 2 nitrogen and oxygen atoms in total. The molecule has 5 heteroatoms. The summed E-state index contributed by atoms with van der Waals surface area (Å²) in [6.45, 7) is 0.981. The molecule has 1 rings (SSSR count). The number of hydrogen-bond donors (Lipinski definition) is 0. The van der Waals surface area contributed by atoms with E-state index in [0.29, 0.717) is 5.02 Å². The third kappa shape index (κ3) is 3.33. The first-order valence-corrected chi connectivity index (χ1v) is 6.72. The Morgan fingerprint density at radius 2 is 2.36 bits per heavy atom. The summed E-state index contributed by atoms with van der Waals surface area (Å²) in [6.07, 6.45) is 3.76. The molecule has 0 aromatic carbocycles. The second kappa shape index (κ2) is 5.83. The van der Waals surface area contributed by atoms with Gasteiger partial charge in [0.25, 0.3) is 0 Å². The first-order chi connectivity index (χ1) is 6.65. The van der Waals surface area contributed by atoms with Gasteiger partial charge < -0.3 is 4.90 Å². The van der Waals surface area contributed by atoms with Gasteiger partial charge >= 0.3 is 0 Å². The molecule has 0 radical (unpaired) electrons. The molecule has 0 spiro atoms. The van der Waals surface area contributed by atoms with Crippen molar-refractivity contribution in [2.45, 2.75) is 0 Å². The molecular weight excluding hydrogens is 284 g/mol. The molecule has 0 saturated heterocycles. The van der Waals surface area contributed by atoms with Gasteiger partial charge in [0.15, 0.2) is 0 Å². The number of rotatable bonds is 4. The number of hydrogen-bond acceptors (Lipinski definition) is 3. The normalized spacial score (nSPS) is 10.3. The van der Waals surface area contributed by atoms with Crippen molar-refractivity contribution in [1.82, 2.24) is 4.98 Å². The summed E-state index contributed by atoms with van der Waals surface area (Å²) in [4.78, 5) is 6.38. The second-order valence-electron chi connectivity index (χ2n) is 2.87. The lowest BCUT2D eigenvalue weighted by Gasteiger charge is -2.18. The summed E-state index contributed by atoms with van der Waals surface area (Å²) in [7, 11) is 2.03. The fraction of sp³-hybridized carbons (Fsp3) is 0.444. The van der Waals surface area contributed by atoms with Gasteiger partial charge in [-0.05, 0) is 28.3 Å². The smallest absolute Gasteiger partial charge is 0.142 e. The van der Waals surface area contributed by atoms with Crippen molar-refractivity contribution in [2.24, 2.45) is 0 Å². The van der Waals surface area contributed by atoms with Crippen LogP contribution in [0, 0.1) is 0 Å². The van der Waals surface area contributed by atoms with Crippen molar-refractivity contribution in [1.29, 1.82) is 0 Å². The summed E-state index contributed by atoms with van der Waals surface area (Å²) >= 11 is 11.1. The van der Waals surface area contributed by atoms with Gasteiger partial charge in [0, 0.05) is 25.5 Å². The van der Waals surface area contributed by atoms with Crippen molar-refractivity contribution >= 4 is 45.1 Å². The summed E-state index contributed by atoms with van der Waals surface area (Å²) < 4.78 is 0.939. The van der Waals surface area contributed by atoms with Crippen LogP contribution in [0.25, 0.3) is 0 Å². The third-order valence-electron chi connectivity index (χ3n) is 1.78. The molecule has 1 aromatic heterocycles. The van der Waals surface area contributed by atoms with Crippen LogP contribution < -0.4 is 4.90 Å². The number of nitrogens with zero attached hydrogens (tertiary/aromatic N) is 2. The van der Waals surface area contributed by atoms with E-state index in [-0.39, 0.29) is 0 Å². The van der Waals surface area contributed by atoms with Crippen molar-refractivity contribution < 1.29 is 0 Å². The Hall–Kier alpha value is 0.0700. The molecule has 14 heavy (non-hydrogen) atoms. The van der Waals surface area contributed by atoms with Crippen LogP contribution in [0.4, 0.5) is 5.82 Å². The highest BCUT2D eigenvalue weighted by molar-refractivity contribution is 9.10. The van der Waals surface area contributed by atoms with Crippen molar-refractivity contribution in [3.8, 4) is 0 Å². The van der Waals surface area contributed by atoms with Gasteiger partial charge in [0.2, 0.25) is 0 Å². The lowest BCUT2D eigenvalue weighted by molar-refractivity contribution is 0.942. The van der Waals surface area contributed by atoms with E-state index in [2.05, 4.69) is 32.1 Å². The zero-order valence-electron chi connectivity index (χ0n) is 8.13. The van der Waals surface area contributed by atoms with Gasteiger partial charge in [0.1, 0.15) is 5.82 Å². The van der Waals surface area contributed by atoms with Gasteiger partial charge in [-0.15, -0.1) is 0 Å². The highest BCUT2D eigenvalue weighted by atomic mass is 79.9. The minimum atomic E-state index is 0.652. The highest BCUT2D eigenvalue weighted by Gasteiger charge is 2.06. The predicted molar refractivity (Wildman–Crippen MR) is 68.6 cm³/mol. The molecule has 0 amide bonds. The molecule has 0 unspecified atom stereocenters. The fourth-order valence-electron chi connectivity index (χ4n) is 1.02. The van der Waals surface area contributed by atoms with Crippen LogP contribution in [0.15, 0.2) is 16.7 Å². The summed E-state index contributed by atoms with van der Waals surface area (Å²) in [5.41, 5.74) is 0. The fourth-order valence-corrected chi connectivity index (χ4v) is 2.42. The lowest BCUT2D eigenvalue weighted by atomic mass is 10.4. The Morgan fingerprint density at radius 3 is 2.93 bits per heavy atom. The SMILES string of the molecule is CSCCN(C)c1ncc(Cl)cc1Br. The average Bonchev–Trinajstić information content (AvgIpc) is 2.14. The molecule has 0 atom stereocenters. The first-order valence-electron chi connectivity index (χ1n) is 4.16. The van der Waals surface area contributed by atoms with Gasteiger partial charge in [-0.2, -0.15) is 11.8 Å². The number of pyridine rings is 1. The quantitative estimate of drug-likeness (QED) is 0.848. The predicted octanol–water partition coefficient (Wildman–Crippen LogP) is 3.30. The van der Waals surface area contributed by atoms with Crippen molar-refractivity contribution in [2.75, 3.05) is 30.5 Å². The Labute approximate surface area is 102 Å². The molecule has 0 aliphatic heterocycles. The zero-order chi connectivity index (χ0) is 10.6. The number of anilines is 1. The van der Waals surface area contributed by atoms with E-state index >= 15 is 0 Å². The van der Waals surface area contributed by atoms with Crippen molar-refractivity contribution in [3.05, 3.63) is 21.8 Å². The van der Waals surface area contributed by atoms with Crippen LogP contribution >= 0.6 is 39.3 Å². The van der Waals surface area contributed by atoms with Gasteiger partial charge in [-0.25, -0.2) is 4.98 Å². The van der Waals surface area contributed by atoms with Crippen LogP contribution in [0.2, 0.25) is 5.02 Å². The van der Waals surface area contributed by atoms with Gasteiger partial charge in [0.05, 0.1) is 9.50 Å². The van der Waals surface area contributed by atoms with E-state index in [0.717, 1.165) is 22.6 Å². The van der Waals surface area contributed by atoms with E-state index < -0.39 is 0 Å². The molecule has 0 N–H and O–H groups in total. The molecule has 78 valence electrons. The second-order valence-corrected chi connectivity index (χ2v) is 5.15. The molecular formula is C9H12BrClN2S. The average molecular weight is 296 g/mol. The number of thioether (sulfide) groups is 1. The maximum atomic E-state index is 5.81. The number of halogens is 2. The maximum Gasteiger partial charge on any atom is 0.142 e. The monoisotopic (exact) mass is 294 g/mol. The van der Waals surface area contributed by atoms with E-state index in [1.807, 2.05) is 24.9 Å². The van der Waals surface area contributed by atoms with E-state index in [1.54, 1.807) is 6.20 Å². The third-order valence-corrected chi connectivity index (χ3v) is 3.16. The summed E-state index contributed by atoms with van der Waals surface area (Å²) in [6, 6.07) is 1.86. The van der Waals surface area contributed by atoms with Gasteiger partial charge in [-0.3, -0.25) is 0 Å². The Kier molecular flexibility index (Phi) is 5.06. The molecule has 0 saturated carbocycles. The largest absolute Gasteiger partial charge is 0.358 e. The summed E-state index contributed by atoms with van der Waals surface area (Å²) in [5.74, 6) is 2.02. The molecule has 1 heterocycles. The number of aromatic nitrogens is 1. The molecule has 0 bridgehead atoms. The topological polar surface area (TPSA) is 16.1 Å². The summed E-state index contributed by atoms with van der Waals surface area (Å²) in [5, 5.41) is 0.652. The zero-order valence-corrected chi connectivity index (χ0v) is 11.3. The first kappa shape index (κ1) is 12.1. The van der Waals surface area contributed by atoms with E-state index in [4.69, 9.17) is 11.6 Å². The van der Waals surface area contributed by atoms with Crippen LogP contribution in [-0.4, -0.2) is 30.6 Å². The molecule has 0 aliphatic carbocycles. The Balaban J connectivity index is 2.74.